The summed E-state index contributed by atoms with van der Waals surface area (Å²) in [6.45, 7) is 10.4. The van der Waals surface area contributed by atoms with Gasteiger partial charge in [-0.3, -0.25) is 0 Å². The van der Waals surface area contributed by atoms with Crippen LogP contribution in [0.25, 0.3) is 11.4 Å². The van der Waals surface area contributed by atoms with Gasteiger partial charge < -0.3 is 4.90 Å². The van der Waals surface area contributed by atoms with Crippen molar-refractivity contribution in [3.05, 3.63) is 41.2 Å². The van der Waals surface area contributed by atoms with Gasteiger partial charge in [-0.05, 0) is 46.8 Å². The van der Waals surface area contributed by atoms with Gasteiger partial charge in [-0.2, -0.15) is 0 Å². The van der Waals surface area contributed by atoms with Crippen LogP contribution >= 0.6 is 24.8 Å². The molecule has 0 amide bonds. The third kappa shape index (κ3) is 4.09. The third-order valence-electron chi connectivity index (χ3n) is 3.78. The number of aromatic nitrogens is 2. The van der Waals surface area contributed by atoms with Crippen molar-refractivity contribution in [2.45, 2.75) is 45.1 Å². The second-order valence-electron chi connectivity index (χ2n) is 6.74. The Morgan fingerprint density at radius 2 is 1.65 bits per heavy atom. The molecule has 0 bridgehead atoms. The summed E-state index contributed by atoms with van der Waals surface area (Å²) in [4.78, 5) is 12.7. The lowest BCUT2D eigenvalue weighted by atomic mass is 10.0. The molecule has 1 aromatic heterocycles. The molecule has 0 radical (unpaired) electrons. The van der Waals surface area contributed by atoms with Crippen LogP contribution in [-0.2, 0) is 0 Å². The zero-order valence-corrected chi connectivity index (χ0v) is 16.2. The fraction of sp³-hybridized carbons (Fsp3) is 0.389. The normalized spacial score (nSPS) is 11.4. The Bertz CT molecular complexity index is 728. The Balaban J connectivity index is 2.40. The molecule has 5 heteroatoms. The summed E-state index contributed by atoms with van der Waals surface area (Å²) < 4.78 is 0. The minimum Gasteiger partial charge on any atom is -0.361 e. The SMILES string of the molecule is Cc1cc(C)nc(-c2ccc(C(=S)N(C)C(C)(C)C)c(S)c2)n1. The van der Waals surface area contributed by atoms with Crippen LogP contribution in [0.4, 0.5) is 0 Å². The van der Waals surface area contributed by atoms with Crippen LogP contribution in [0.3, 0.4) is 0 Å². The predicted molar refractivity (Wildman–Crippen MR) is 103 cm³/mol. The minimum absolute atomic E-state index is 0.0350. The lowest BCUT2D eigenvalue weighted by molar-refractivity contribution is 0.286. The van der Waals surface area contributed by atoms with Gasteiger partial charge in [0.05, 0.1) is 0 Å². The highest BCUT2D eigenvalue weighted by Gasteiger charge is 2.22. The van der Waals surface area contributed by atoms with Crippen molar-refractivity contribution < 1.29 is 0 Å². The van der Waals surface area contributed by atoms with E-state index in [-0.39, 0.29) is 5.54 Å². The van der Waals surface area contributed by atoms with Crippen molar-refractivity contribution >= 4 is 29.8 Å². The highest BCUT2D eigenvalue weighted by Crippen LogP contribution is 2.26. The van der Waals surface area contributed by atoms with Crippen molar-refractivity contribution in [3.63, 3.8) is 0 Å². The van der Waals surface area contributed by atoms with E-state index in [0.717, 1.165) is 38.2 Å². The lowest BCUT2D eigenvalue weighted by Gasteiger charge is -2.34. The average molecular weight is 346 g/mol. The van der Waals surface area contributed by atoms with Gasteiger partial charge in [0.25, 0.3) is 0 Å². The molecule has 1 heterocycles. The quantitative estimate of drug-likeness (QED) is 0.643. The molecule has 3 nitrogen and oxygen atoms in total. The van der Waals surface area contributed by atoms with Crippen molar-refractivity contribution in [2.24, 2.45) is 0 Å². The summed E-state index contributed by atoms with van der Waals surface area (Å²) in [5.41, 5.74) is 3.79. The molecule has 0 saturated carbocycles. The van der Waals surface area contributed by atoms with E-state index in [4.69, 9.17) is 12.2 Å². The van der Waals surface area contributed by atoms with Crippen molar-refractivity contribution in [2.75, 3.05) is 7.05 Å². The van der Waals surface area contributed by atoms with E-state index >= 15 is 0 Å². The van der Waals surface area contributed by atoms with E-state index in [1.165, 1.54) is 0 Å². The average Bonchev–Trinajstić information content (AvgIpc) is 2.43. The number of hydrogen-bond donors (Lipinski definition) is 1. The fourth-order valence-corrected chi connectivity index (χ4v) is 3.04. The van der Waals surface area contributed by atoms with Crippen LogP contribution in [0, 0.1) is 13.8 Å². The van der Waals surface area contributed by atoms with Crippen LogP contribution in [0.5, 0.6) is 0 Å². The van der Waals surface area contributed by atoms with Gasteiger partial charge in [-0.25, -0.2) is 9.97 Å². The molecule has 0 spiro atoms. The number of aryl methyl sites for hydroxylation is 2. The summed E-state index contributed by atoms with van der Waals surface area (Å²) in [6, 6.07) is 7.96. The van der Waals surface area contributed by atoms with Crippen molar-refractivity contribution in [1.29, 1.82) is 0 Å². The Kier molecular flexibility index (Phi) is 5.11. The van der Waals surface area contributed by atoms with E-state index in [2.05, 4.69) is 48.3 Å². The second kappa shape index (κ2) is 6.57. The van der Waals surface area contributed by atoms with Crippen molar-refractivity contribution in [3.8, 4) is 11.4 Å². The summed E-state index contributed by atoms with van der Waals surface area (Å²) >= 11 is 10.3. The maximum atomic E-state index is 5.63. The topological polar surface area (TPSA) is 29.0 Å². The standard InChI is InChI=1S/C18H23N3S2/c1-11-9-12(2)20-16(19-11)13-7-8-14(15(22)10-13)17(23)21(6)18(3,4)5/h7-10,22H,1-6H3. The molecule has 0 N–H and O–H groups in total. The van der Waals surface area contributed by atoms with Crippen LogP contribution in [-0.4, -0.2) is 32.4 Å². The molecule has 0 aliphatic rings. The van der Waals surface area contributed by atoms with Crippen molar-refractivity contribution in [1.82, 2.24) is 14.9 Å². The number of thiocarbonyl (C=S) groups is 1. The molecule has 0 atom stereocenters. The first kappa shape index (κ1) is 17.9. The van der Waals surface area contributed by atoms with E-state index in [0.29, 0.717) is 0 Å². The summed E-state index contributed by atoms with van der Waals surface area (Å²) in [6.07, 6.45) is 0. The maximum Gasteiger partial charge on any atom is 0.159 e. The molecule has 1 aromatic carbocycles. The fourth-order valence-electron chi connectivity index (χ4n) is 2.19. The van der Waals surface area contributed by atoms with E-state index in [1.807, 2.05) is 45.2 Å². The molecule has 122 valence electrons. The Morgan fingerprint density at radius 1 is 1.09 bits per heavy atom. The third-order valence-corrected chi connectivity index (χ3v) is 4.64. The number of thiol groups is 1. The van der Waals surface area contributed by atoms with Crippen LogP contribution in [0.15, 0.2) is 29.2 Å². The van der Waals surface area contributed by atoms with Crippen LogP contribution in [0.1, 0.15) is 37.7 Å². The molecule has 0 saturated heterocycles. The zero-order valence-electron chi connectivity index (χ0n) is 14.5. The minimum atomic E-state index is -0.0350. The molecular weight excluding hydrogens is 322 g/mol. The summed E-state index contributed by atoms with van der Waals surface area (Å²) in [5.74, 6) is 0.722. The number of benzene rings is 1. The molecule has 0 fully saturated rings. The first-order chi connectivity index (χ1) is 10.6. The van der Waals surface area contributed by atoms with Gasteiger partial charge >= 0.3 is 0 Å². The number of nitrogens with zero attached hydrogens (tertiary/aromatic N) is 3. The van der Waals surface area contributed by atoms with E-state index in [9.17, 15) is 0 Å². The van der Waals surface area contributed by atoms with Crippen LogP contribution in [0.2, 0.25) is 0 Å². The van der Waals surface area contributed by atoms with Gasteiger partial charge in [-0.15, -0.1) is 12.6 Å². The molecule has 23 heavy (non-hydrogen) atoms. The second-order valence-corrected chi connectivity index (χ2v) is 7.61. The molecule has 0 unspecified atom stereocenters. The summed E-state index contributed by atoms with van der Waals surface area (Å²) in [5, 5.41) is 0. The monoisotopic (exact) mass is 345 g/mol. The van der Waals surface area contributed by atoms with Gasteiger partial charge in [0.15, 0.2) is 5.82 Å². The van der Waals surface area contributed by atoms with Crippen LogP contribution < -0.4 is 0 Å². The van der Waals surface area contributed by atoms with Gasteiger partial charge in [0, 0.05) is 40.0 Å². The Labute approximate surface area is 149 Å². The largest absolute Gasteiger partial charge is 0.361 e. The highest BCUT2D eigenvalue weighted by molar-refractivity contribution is 7.81. The molecular formula is C18H23N3S2. The first-order valence-corrected chi connectivity index (χ1v) is 8.39. The maximum absolute atomic E-state index is 5.63. The molecule has 0 aliphatic heterocycles. The molecule has 2 aromatic rings. The lowest BCUT2D eigenvalue weighted by Crippen LogP contribution is -2.42. The van der Waals surface area contributed by atoms with Gasteiger partial charge in [-0.1, -0.05) is 24.4 Å². The summed E-state index contributed by atoms with van der Waals surface area (Å²) in [7, 11) is 2.01. The Hall–Kier alpha value is -1.46. The van der Waals surface area contributed by atoms with Gasteiger partial charge in [0.1, 0.15) is 4.99 Å². The Morgan fingerprint density at radius 3 is 2.13 bits per heavy atom. The van der Waals surface area contributed by atoms with E-state index < -0.39 is 0 Å². The smallest absolute Gasteiger partial charge is 0.159 e. The molecule has 2 rings (SSSR count). The highest BCUT2D eigenvalue weighted by atomic mass is 32.1. The van der Waals surface area contributed by atoms with Gasteiger partial charge in [0.2, 0.25) is 0 Å². The van der Waals surface area contributed by atoms with E-state index in [1.54, 1.807) is 0 Å². The number of hydrogen-bond acceptors (Lipinski definition) is 4. The first-order valence-electron chi connectivity index (χ1n) is 7.53. The predicted octanol–water partition coefficient (Wildman–Crippen LogP) is 4.45. The molecule has 0 aliphatic carbocycles. The zero-order chi connectivity index (χ0) is 17.4. The number of rotatable bonds is 2.